The highest BCUT2D eigenvalue weighted by Crippen LogP contribution is 2.25. The summed E-state index contributed by atoms with van der Waals surface area (Å²) in [6.07, 6.45) is 1.74. The summed E-state index contributed by atoms with van der Waals surface area (Å²) in [7, 11) is 1.46. The highest BCUT2D eigenvalue weighted by atomic mass is 32.1. The van der Waals surface area contributed by atoms with Crippen molar-refractivity contribution in [2.75, 3.05) is 12.4 Å². The van der Waals surface area contributed by atoms with Gasteiger partial charge in [0.05, 0.1) is 13.2 Å². The monoisotopic (exact) mass is 252 g/mol. The van der Waals surface area contributed by atoms with Crippen LogP contribution in [0.5, 0.6) is 5.75 Å². The van der Waals surface area contributed by atoms with Crippen LogP contribution in [0.2, 0.25) is 0 Å². The van der Waals surface area contributed by atoms with Crippen LogP contribution in [0.3, 0.4) is 0 Å². The first-order valence-electron chi connectivity index (χ1n) is 5.20. The van der Waals surface area contributed by atoms with Crippen LogP contribution in [-0.4, -0.2) is 12.1 Å². The molecule has 17 heavy (non-hydrogen) atoms. The Morgan fingerprint density at radius 1 is 1.47 bits per heavy atom. The minimum atomic E-state index is -0.349. The second-order valence-electron chi connectivity index (χ2n) is 3.60. The SMILES string of the molecule is COc1cc(C(C)Nc2nccs2)ccc1F. The van der Waals surface area contributed by atoms with E-state index >= 15 is 0 Å². The Bertz CT molecular complexity index is 487. The van der Waals surface area contributed by atoms with E-state index in [1.54, 1.807) is 18.3 Å². The fourth-order valence-corrected chi connectivity index (χ4v) is 2.13. The van der Waals surface area contributed by atoms with Crippen molar-refractivity contribution in [1.82, 2.24) is 4.98 Å². The molecule has 0 aliphatic rings. The number of hydrogen-bond donors (Lipinski definition) is 1. The molecule has 3 nitrogen and oxygen atoms in total. The molecule has 2 rings (SSSR count). The van der Waals surface area contributed by atoms with E-state index in [2.05, 4.69) is 10.3 Å². The van der Waals surface area contributed by atoms with Crippen LogP contribution in [0, 0.1) is 5.82 Å². The maximum absolute atomic E-state index is 13.3. The van der Waals surface area contributed by atoms with E-state index in [4.69, 9.17) is 4.74 Å². The zero-order valence-corrected chi connectivity index (χ0v) is 10.4. The molecule has 1 N–H and O–H groups in total. The lowest BCUT2D eigenvalue weighted by Gasteiger charge is -2.14. The Labute approximate surface area is 103 Å². The van der Waals surface area contributed by atoms with E-state index in [1.807, 2.05) is 12.3 Å². The first-order valence-corrected chi connectivity index (χ1v) is 6.08. The lowest BCUT2D eigenvalue weighted by molar-refractivity contribution is 0.385. The van der Waals surface area contributed by atoms with Crippen LogP contribution in [0.1, 0.15) is 18.5 Å². The summed E-state index contributed by atoms with van der Waals surface area (Å²) in [5.74, 6) is -0.0898. The topological polar surface area (TPSA) is 34.1 Å². The lowest BCUT2D eigenvalue weighted by atomic mass is 10.1. The van der Waals surface area contributed by atoms with Crippen molar-refractivity contribution in [3.05, 3.63) is 41.2 Å². The van der Waals surface area contributed by atoms with Crippen LogP contribution < -0.4 is 10.1 Å². The van der Waals surface area contributed by atoms with E-state index in [-0.39, 0.29) is 17.6 Å². The molecular formula is C12H13FN2OS. The average molecular weight is 252 g/mol. The zero-order valence-electron chi connectivity index (χ0n) is 9.61. The summed E-state index contributed by atoms with van der Waals surface area (Å²) in [5.41, 5.74) is 0.957. The number of thiazole rings is 1. The molecule has 0 radical (unpaired) electrons. The number of nitrogens with one attached hydrogen (secondary N) is 1. The quantitative estimate of drug-likeness (QED) is 0.904. The summed E-state index contributed by atoms with van der Waals surface area (Å²) in [6.45, 7) is 1.99. The zero-order chi connectivity index (χ0) is 12.3. The van der Waals surface area contributed by atoms with Gasteiger partial charge in [-0.05, 0) is 24.6 Å². The predicted molar refractivity (Wildman–Crippen MR) is 67.1 cm³/mol. The van der Waals surface area contributed by atoms with E-state index in [0.717, 1.165) is 10.7 Å². The van der Waals surface area contributed by atoms with Crippen molar-refractivity contribution in [1.29, 1.82) is 0 Å². The molecule has 2 aromatic rings. The smallest absolute Gasteiger partial charge is 0.183 e. The van der Waals surface area contributed by atoms with E-state index in [9.17, 15) is 4.39 Å². The van der Waals surface area contributed by atoms with Gasteiger partial charge >= 0.3 is 0 Å². The molecule has 0 aliphatic heterocycles. The molecule has 1 heterocycles. The summed E-state index contributed by atoms with van der Waals surface area (Å²) in [4.78, 5) is 4.14. The van der Waals surface area contributed by atoms with Crippen molar-refractivity contribution in [2.45, 2.75) is 13.0 Å². The predicted octanol–water partition coefficient (Wildman–Crippen LogP) is 3.46. The summed E-state index contributed by atoms with van der Waals surface area (Å²) < 4.78 is 18.2. The van der Waals surface area contributed by atoms with Crippen molar-refractivity contribution in [3.63, 3.8) is 0 Å². The van der Waals surface area contributed by atoms with Crippen LogP contribution in [-0.2, 0) is 0 Å². The fraction of sp³-hybridized carbons (Fsp3) is 0.250. The van der Waals surface area contributed by atoms with Gasteiger partial charge in [-0.2, -0.15) is 0 Å². The molecule has 90 valence electrons. The number of methoxy groups -OCH3 is 1. The molecule has 5 heteroatoms. The van der Waals surface area contributed by atoms with E-state index in [1.165, 1.54) is 24.5 Å². The number of benzene rings is 1. The molecule has 0 bridgehead atoms. The van der Waals surface area contributed by atoms with Crippen LogP contribution in [0.15, 0.2) is 29.8 Å². The third-order valence-corrected chi connectivity index (χ3v) is 3.15. The third kappa shape index (κ3) is 2.74. The first-order chi connectivity index (χ1) is 8.20. The van der Waals surface area contributed by atoms with Gasteiger partial charge in [-0.25, -0.2) is 9.37 Å². The van der Waals surface area contributed by atoms with Crippen molar-refractivity contribution < 1.29 is 9.13 Å². The number of anilines is 1. The highest BCUT2D eigenvalue weighted by molar-refractivity contribution is 7.13. The molecule has 0 saturated carbocycles. The maximum atomic E-state index is 13.3. The number of ether oxygens (including phenoxy) is 1. The van der Waals surface area contributed by atoms with Crippen LogP contribution in [0.4, 0.5) is 9.52 Å². The Kier molecular flexibility index (Phi) is 3.58. The molecule has 0 amide bonds. The van der Waals surface area contributed by atoms with Gasteiger partial charge in [0, 0.05) is 11.6 Å². The maximum Gasteiger partial charge on any atom is 0.183 e. The summed E-state index contributed by atoms with van der Waals surface area (Å²) in [5, 5.41) is 5.99. The van der Waals surface area contributed by atoms with Gasteiger partial charge in [0.2, 0.25) is 0 Å². The summed E-state index contributed by atoms with van der Waals surface area (Å²) >= 11 is 1.53. The second kappa shape index (κ2) is 5.14. The fourth-order valence-electron chi connectivity index (χ4n) is 1.51. The van der Waals surface area contributed by atoms with Crippen molar-refractivity contribution in [2.24, 2.45) is 0 Å². The van der Waals surface area contributed by atoms with Gasteiger partial charge in [-0.15, -0.1) is 11.3 Å². The van der Waals surface area contributed by atoms with Crippen LogP contribution in [0.25, 0.3) is 0 Å². The van der Waals surface area contributed by atoms with Gasteiger partial charge < -0.3 is 10.1 Å². The molecule has 0 aliphatic carbocycles. The Hall–Kier alpha value is -1.62. The Morgan fingerprint density at radius 3 is 2.94 bits per heavy atom. The molecule has 0 spiro atoms. The van der Waals surface area contributed by atoms with Gasteiger partial charge in [0.15, 0.2) is 16.7 Å². The molecule has 1 aromatic heterocycles. The van der Waals surface area contributed by atoms with Crippen molar-refractivity contribution >= 4 is 16.5 Å². The second-order valence-corrected chi connectivity index (χ2v) is 4.49. The average Bonchev–Trinajstić information content (AvgIpc) is 2.82. The molecule has 0 fully saturated rings. The molecular weight excluding hydrogens is 239 g/mol. The Morgan fingerprint density at radius 2 is 2.29 bits per heavy atom. The number of rotatable bonds is 4. The van der Waals surface area contributed by atoms with Gasteiger partial charge in [-0.1, -0.05) is 6.07 Å². The van der Waals surface area contributed by atoms with Crippen LogP contribution >= 0.6 is 11.3 Å². The Balaban J connectivity index is 2.16. The number of hydrogen-bond acceptors (Lipinski definition) is 4. The molecule has 1 unspecified atom stereocenters. The third-order valence-electron chi connectivity index (χ3n) is 2.45. The van der Waals surface area contributed by atoms with Gasteiger partial charge in [0.25, 0.3) is 0 Å². The number of aromatic nitrogens is 1. The van der Waals surface area contributed by atoms with Gasteiger partial charge in [0.1, 0.15) is 0 Å². The first kappa shape index (κ1) is 11.9. The normalized spacial score (nSPS) is 12.2. The minimum absolute atomic E-state index is 0.0515. The van der Waals surface area contributed by atoms with Crippen molar-refractivity contribution in [3.8, 4) is 5.75 Å². The number of nitrogens with zero attached hydrogens (tertiary/aromatic N) is 1. The molecule has 1 aromatic carbocycles. The minimum Gasteiger partial charge on any atom is -0.494 e. The molecule has 1 atom stereocenters. The van der Waals surface area contributed by atoms with E-state index in [0.29, 0.717) is 0 Å². The number of halogens is 1. The summed E-state index contributed by atoms with van der Waals surface area (Å²) in [6, 6.07) is 4.90. The van der Waals surface area contributed by atoms with Gasteiger partial charge in [-0.3, -0.25) is 0 Å². The standard InChI is InChI=1S/C12H13FN2OS/c1-8(15-12-14-5-6-17-12)9-3-4-10(13)11(7-9)16-2/h3-8H,1-2H3,(H,14,15). The lowest BCUT2D eigenvalue weighted by Crippen LogP contribution is -2.06. The van der Waals surface area contributed by atoms with E-state index < -0.39 is 0 Å². The largest absolute Gasteiger partial charge is 0.494 e. The highest BCUT2D eigenvalue weighted by Gasteiger charge is 2.10. The molecule has 0 saturated heterocycles.